The van der Waals surface area contributed by atoms with E-state index in [0.717, 1.165) is 11.1 Å². The van der Waals surface area contributed by atoms with Crippen molar-refractivity contribution in [1.29, 1.82) is 0 Å². The predicted molar refractivity (Wildman–Crippen MR) is 134 cm³/mol. The monoisotopic (exact) mass is 531 g/mol. The van der Waals surface area contributed by atoms with Crippen LogP contribution in [0.1, 0.15) is 48.6 Å². The Labute approximate surface area is 213 Å². The number of nitrogens with two attached hydrogens (primary N) is 1. The van der Waals surface area contributed by atoms with Crippen molar-refractivity contribution in [3.63, 3.8) is 0 Å². The summed E-state index contributed by atoms with van der Waals surface area (Å²) in [7, 11) is -3.81. The Morgan fingerprint density at radius 1 is 1.11 bits per heavy atom. The number of aliphatic carboxylic acids is 1. The van der Waals surface area contributed by atoms with Crippen LogP contribution in [0, 0.1) is 5.41 Å². The molecule has 7 nitrogen and oxygen atoms in total. The quantitative estimate of drug-likeness (QED) is 0.389. The van der Waals surface area contributed by atoms with E-state index in [1.807, 2.05) is 24.3 Å². The van der Waals surface area contributed by atoms with Crippen molar-refractivity contribution in [2.24, 2.45) is 10.6 Å². The normalized spacial score (nSPS) is 15.0. The third kappa shape index (κ3) is 6.08. The van der Waals surface area contributed by atoms with Gasteiger partial charge in [-0.1, -0.05) is 48.5 Å². The first-order chi connectivity index (χ1) is 17.3. The highest BCUT2D eigenvalue weighted by atomic mass is 32.2. The number of aryl methyl sites for hydroxylation is 1. The second-order valence-corrected chi connectivity index (χ2v) is 11.3. The molecule has 0 saturated carbocycles. The molecule has 3 aromatic rings. The molecular weight excluding hydrogens is 504 g/mol. The average molecular weight is 532 g/mol. The van der Waals surface area contributed by atoms with E-state index in [0.29, 0.717) is 40.8 Å². The number of carboxylic acids is 1. The number of primary sulfonamides is 1. The highest BCUT2D eigenvalue weighted by molar-refractivity contribution is 7.88. The van der Waals surface area contributed by atoms with Gasteiger partial charge in [0.1, 0.15) is 17.6 Å². The number of ether oxygens (including phenoxy) is 2. The van der Waals surface area contributed by atoms with Crippen molar-refractivity contribution < 1.29 is 36.6 Å². The number of rotatable bonds is 9. The number of fused-ring (bicyclic) bond motifs is 3. The lowest BCUT2D eigenvalue weighted by molar-refractivity contribution is -0.147. The lowest BCUT2D eigenvalue weighted by Gasteiger charge is -2.31. The summed E-state index contributed by atoms with van der Waals surface area (Å²) in [6.07, 6.45) is 0.369. The van der Waals surface area contributed by atoms with Gasteiger partial charge in [0.2, 0.25) is 10.0 Å². The fraction of sp³-hybridized carbons (Fsp3) is 0.296. The highest BCUT2D eigenvalue weighted by Crippen LogP contribution is 2.49. The van der Waals surface area contributed by atoms with Crippen molar-refractivity contribution in [2.75, 3.05) is 0 Å². The van der Waals surface area contributed by atoms with E-state index < -0.39 is 39.9 Å². The van der Waals surface area contributed by atoms with Crippen LogP contribution in [0.5, 0.6) is 11.5 Å². The molecule has 0 radical (unpaired) electrons. The van der Waals surface area contributed by atoms with Crippen LogP contribution in [-0.4, -0.2) is 26.1 Å². The van der Waals surface area contributed by atoms with E-state index in [4.69, 9.17) is 14.6 Å². The maximum Gasteiger partial charge on any atom is 0.387 e. The minimum absolute atomic E-state index is 0.0530. The summed E-state index contributed by atoms with van der Waals surface area (Å²) in [5.41, 5.74) is 2.78. The van der Waals surface area contributed by atoms with E-state index in [1.165, 1.54) is 6.07 Å². The topological polar surface area (TPSA) is 116 Å². The molecular formula is C27H27F2NO6S. The van der Waals surface area contributed by atoms with Crippen molar-refractivity contribution in [2.45, 2.75) is 45.2 Å². The van der Waals surface area contributed by atoms with Crippen LogP contribution in [-0.2, 0) is 27.0 Å². The van der Waals surface area contributed by atoms with Crippen LogP contribution < -0.4 is 14.6 Å². The molecule has 0 spiro atoms. The Hall–Kier alpha value is -3.50. The summed E-state index contributed by atoms with van der Waals surface area (Å²) < 4.78 is 60.6. The number of hydrogen-bond donors (Lipinski definition) is 2. The van der Waals surface area contributed by atoms with Gasteiger partial charge in [-0.25, -0.2) is 13.6 Å². The minimum Gasteiger partial charge on any atom is -0.481 e. The van der Waals surface area contributed by atoms with Gasteiger partial charge in [-0.2, -0.15) is 8.78 Å². The Bertz CT molecular complexity index is 1420. The van der Waals surface area contributed by atoms with Crippen LogP contribution >= 0.6 is 0 Å². The molecule has 3 N–H and O–H groups in total. The van der Waals surface area contributed by atoms with Crippen LogP contribution in [0.2, 0.25) is 0 Å². The number of sulfonamides is 1. The van der Waals surface area contributed by atoms with Crippen LogP contribution in [0.4, 0.5) is 8.78 Å². The molecule has 3 aromatic carbocycles. The first-order valence-corrected chi connectivity index (χ1v) is 13.3. The Kier molecular flexibility index (Phi) is 7.25. The summed E-state index contributed by atoms with van der Waals surface area (Å²) in [4.78, 5) is 11.4. The molecule has 4 rings (SSSR count). The fourth-order valence-electron chi connectivity index (χ4n) is 4.31. The van der Waals surface area contributed by atoms with Gasteiger partial charge >= 0.3 is 12.6 Å². The molecule has 1 unspecified atom stereocenters. The van der Waals surface area contributed by atoms with Gasteiger partial charge in [0.25, 0.3) is 0 Å². The Morgan fingerprint density at radius 3 is 2.41 bits per heavy atom. The first kappa shape index (κ1) is 26.6. The second kappa shape index (κ2) is 10.1. The van der Waals surface area contributed by atoms with Crippen molar-refractivity contribution >= 4 is 16.0 Å². The maximum atomic E-state index is 13.1. The largest absolute Gasteiger partial charge is 0.481 e. The molecule has 1 aliphatic rings. The number of carboxylic acid groups (broad SMARTS) is 1. The van der Waals surface area contributed by atoms with Gasteiger partial charge in [-0.05, 0) is 61.1 Å². The lowest BCUT2D eigenvalue weighted by atomic mass is 9.85. The number of hydrogen-bond acceptors (Lipinski definition) is 5. The average Bonchev–Trinajstić information content (AvgIpc) is 2.81. The summed E-state index contributed by atoms with van der Waals surface area (Å²) in [6.45, 7) is 0.325. The molecule has 0 amide bonds. The Morgan fingerprint density at radius 2 is 1.78 bits per heavy atom. The zero-order chi connectivity index (χ0) is 27.0. The summed E-state index contributed by atoms with van der Waals surface area (Å²) in [5.74, 6) is -0.960. The molecule has 1 aliphatic heterocycles. The van der Waals surface area contributed by atoms with Gasteiger partial charge in [0, 0.05) is 5.56 Å². The number of alkyl halides is 2. The lowest BCUT2D eigenvalue weighted by Crippen LogP contribution is -2.24. The third-order valence-electron chi connectivity index (χ3n) is 6.38. The fourth-order valence-corrected chi connectivity index (χ4v) is 4.95. The van der Waals surface area contributed by atoms with Gasteiger partial charge in [-0.3, -0.25) is 4.79 Å². The molecule has 0 aliphatic carbocycles. The molecule has 37 heavy (non-hydrogen) atoms. The second-order valence-electron chi connectivity index (χ2n) is 9.67. The standard InChI is InChI=1S/C27H27F2NO6S/c1-27(2,25(31)32)13-12-16-6-9-18(10-7-16)24-20-14-17(15-37(30,33)34)8-11-19(20)23-21(35-24)4-3-5-22(23)36-26(28)29/h3-11,14,24,26H,12-13,15H2,1-2H3,(H,31,32)(H2,30,33,34). The minimum atomic E-state index is -3.81. The number of carbonyl (C=O) groups is 1. The highest BCUT2D eigenvalue weighted by Gasteiger charge is 2.31. The van der Waals surface area contributed by atoms with E-state index in [1.54, 1.807) is 44.2 Å². The van der Waals surface area contributed by atoms with Crippen LogP contribution in [0.3, 0.4) is 0 Å². The first-order valence-electron chi connectivity index (χ1n) is 11.5. The third-order valence-corrected chi connectivity index (χ3v) is 7.12. The molecule has 0 fully saturated rings. The maximum absolute atomic E-state index is 13.1. The predicted octanol–water partition coefficient (Wildman–Crippen LogP) is 5.27. The van der Waals surface area contributed by atoms with Gasteiger partial charge in [0.15, 0.2) is 0 Å². The molecule has 0 aromatic heterocycles. The molecule has 1 atom stereocenters. The molecule has 10 heteroatoms. The van der Waals surface area contributed by atoms with Gasteiger partial charge in [-0.15, -0.1) is 0 Å². The zero-order valence-corrected chi connectivity index (χ0v) is 21.1. The van der Waals surface area contributed by atoms with Gasteiger partial charge < -0.3 is 14.6 Å². The van der Waals surface area contributed by atoms with Crippen LogP contribution in [0.25, 0.3) is 11.1 Å². The SMILES string of the molecule is CC(C)(CCc1ccc(C2Oc3cccc(OC(F)F)c3-c3ccc(CS(N)(=O)=O)cc32)cc1)C(=O)O. The van der Waals surface area contributed by atoms with E-state index in [9.17, 15) is 27.1 Å². The van der Waals surface area contributed by atoms with E-state index >= 15 is 0 Å². The van der Waals surface area contributed by atoms with E-state index in [-0.39, 0.29) is 5.75 Å². The van der Waals surface area contributed by atoms with Crippen LogP contribution in [0.15, 0.2) is 60.7 Å². The molecule has 0 bridgehead atoms. The van der Waals surface area contributed by atoms with Gasteiger partial charge in [0.05, 0.1) is 16.7 Å². The smallest absolute Gasteiger partial charge is 0.387 e. The van der Waals surface area contributed by atoms with Crippen molar-refractivity contribution in [3.05, 3.63) is 82.9 Å². The number of benzene rings is 3. The molecule has 196 valence electrons. The zero-order valence-electron chi connectivity index (χ0n) is 20.3. The molecule has 1 heterocycles. The Balaban J connectivity index is 1.73. The van der Waals surface area contributed by atoms with Crippen molar-refractivity contribution in [3.8, 4) is 22.6 Å². The molecule has 0 saturated heterocycles. The summed E-state index contributed by atoms with van der Waals surface area (Å²) in [5, 5.41) is 14.6. The summed E-state index contributed by atoms with van der Waals surface area (Å²) >= 11 is 0. The van der Waals surface area contributed by atoms with E-state index in [2.05, 4.69) is 0 Å². The summed E-state index contributed by atoms with van der Waals surface area (Å²) in [6, 6.07) is 17.0. The number of halogens is 2. The van der Waals surface area contributed by atoms with Crippen molar-refractivity contribution in [1.82, 2.24) is 0 Å².